The van der Waals surface area contributed by atoms with Crippen LogP contribution >= 0.6 is 11.6 Å². The Hall–Kier alpha value is -6.62. The second-order valence-corrected chi connectivity index (χ2v) is 18.7. The van der Waals surface area contributed by atoms with Gasteiger partial charge in [0.2, 0.25) is 0 Å². The molecule has 0 radical (unpaired) electrons. The molecule has 3 aliphatic rings. The third kappa shape index (κ3) is 8.12. The van der Waals surface area contributed by atoms with E-state index in [9.17, 15) is 23.3 Å². The van der Waals surface area contributed by atoms with Gasteiger partial charge in [0.25, 0.3) is 21.6 Å². The zero-order valence-corrected chi connectivity index (χ0v) is 35.6. The molecule has 1 spiro atoms. The lowest BCUT2D eigenvalue weighted by atomic mass is 9.59. The second kappa shape index (κ2) is 16.3. The number of carbonyl (C=O) groups is 1. The Morgan fingerprint density at radius 2 is 1.75 bits per heavy atom. The maximum atomic E-state index is 14.0. The summed E-state index contributed by atoms with van der Waals surface area (Å²) in [4.78, 5) is 48.5. The number of aromatic amines is 2. The van der Waals surface area contributed by atoms with E-state index in [0.717, 1.165) is 67.7 Å². The number of ether oxygens (including phenoxy) is 1. The van der Waals surface area contributed by atoms with Crippen molar-refractivity contribution in [2.75, 3.05) is 37.6 Å². The number of halogens is 1. The molecule has 63 heavy (non-hydrogen) atoms. The number of anilines is 1. The summed E-state index contributed by atoms with van der Waals surface area (Å²) >= 11 is 6.28. The summed E-state index contributed by atoms with van der Waals surface area (Å²) in [5.41, 5.74) is 6.22. The van der Waals surface area contributed by atoms with Crippen LogP contribution in [0.3, 0.4) is 0 Å². The molecule has 1 saturated heterocycles. The molecule has 3 aromatic carbocycles. The number of piperazine rings is 1. The number of hydrogen-bond acceptors (Lipinski definition) is 11. The quantitative estimate of drug-likeness (QED) is 0.0830. The second-order valence-electron chi connectivity index (χ2n) is 16.6. The first-order valence-corrected chi connectivity index (χ1v) is 22.7. The summed E-state index contributed by atoms with van der Waals surface area (Å²) in [6.45, 7) is 4.00. The Morgan fingerprint density at radius 1 is 0.952 bits per heavy atom. The third-order valence-electron chi connectivity index (χ3n) is 12.7. The molecule has 0 atom stereocenters. The summed E-state index contributed by atoms with van der Waals surface area (Å²) < 4.78 is 36.2. The number of non-ortho nitro benzene ring substituents is 1. The summed E-state index contributed by atoms with van der Waals surface area (Å²) in [7, 11) is -4.66. The van der Waals surface area contributed by atoms with Gasteiger partial charge in [-0.15, -0.1) is 0 Å². The first-order chi connectivity index (χ1) is 30.5. The number of nitro benzene ring substituents is 1. The van der Waals surface area contributed by atoms with Crippen molar-refractivity contribution >= 4 is 66.5 Å². The van der Waals surface area contributed by atoms with Crippen LogP contribution < -0.4 is 14.4 Å². The molecule has 1 amide bonds. The number of aromatic nitrogens is 5. The van der Waals surface area contributed by atoms with E-state index in [1.165, 1.54) is 60.7 Å². The lowest BCUT2D eigenvalue weighted by molar-refractivity contribution is -0.383. The molecule has 3 N–H and O–H groups in total. The average molecular weight is 884 g/mol. The van der Waals surface area contributed by atoms with Gasteiger partial charge in [-0.05, 0) is 103 Å². The van der Waals surface area contributed by atoms with Crippen molar-refractivity contribution in [3.05, 3.63) is 135 Å². The number of sulfonamides is 1. The number of fused-ring (bicyclic) bond motifs is 2. The topological polar surface area (TPSA) is 192 Å². The Kier molecular flexibility index (Phi) is 10.4. The van der Waals surface area contributed by atoms with Crippen molar-refractivity contribution in [1.29, 1.82) is 0 Å². The Bertz CT molecular complexity index is 3050. The van der Waals surface area contributed by atoms with Gasteiger partial charge < -0.3 is 19.6 Å². The van der Waals surface area contributed by atoms with Crippen LogP contribution in [0.5, 0.6) is 11.5 Å². The van der Waals surface area contributed by atoms with Gasteiger partial charge in [-0.1, -0.05) is 35.7 Å². The van der Waals surface area contributed by atoms with E-state index >= 15 is 0 Å². The molecule has 4 aromatic heterocycles. The molecule has 1 saturated carbocycles. The highest BCUT2D eigenvalue weighted by Crippen LogP contribution is 2.55. The smallest absolute Gasteiger partial charge is 0.296 e. The Morgan fingerprint density at radius 3 is 2.49 bits per heavy atom. The minimum atomic E-state index is -4.66. The van der Waals surface area contributed by atoms with E-state index in [1.54, 1.807) is 48.9 Å². The van der Waals surface area contributed by atoms with E-state index in [-0.39, 0.29) is 28.2 Å². The van der Waals surface area contributed by atoms with Crippen molar-refractivity contribution < 1.29 is 22.9 Å². The van der Waals surface area contributed by atoms with E-state index in [4.69, 9.17) is 16.3 Å². The van der Waals surface area contributed by atoms with Gasteiger partial charge in [-0.2, -0.15) is 0 Å². The summed E-state index contributed by atoms with van der Waals surface area (Å²) in [6, 6.07) is 22.4. The molecular formula is C46H42ClN9O6S. The highest BCUT2D eigenvalue weighted by Gasteiger charge is 2.41. The van der Waals surface area contributed by atoms with Crippen LogP contribution in [-0.4, -0.2) is 81.8 Å². The fraction of sp³-hybridized carbons (Fsp3) is 0.261. The van der Waals surface area contributed by atoms with Crippen molar-refractivity contribution in [3.63, 3.8) is 0 Å². The molecule has 2 fully saturated rings. The fourth-order valence-electron chi connectivity index (χ4n) is 9.16. The first-order valence-electron chi connectivity index (χ1n) is 20.8. The number of amides is 1. The number of pyridine rings is 2. The maximum absolute atomic E-state index is 14.0. The zero-order chi connectivity index (χ0) is 43.3. The van der Waals surface area contributed by atoms with E-state index < -0.39 is 31.4 Å². The molecule has 5 heterocycles. The van der Waals surface area contributed by atoms with Crippen LogP contribution in [0.4, 0.5) is 11.4 Å². The molecule has 320 valence electrons. The van der Waals surface area contributed by atoms with Crippen LogP contribution in [-0.2, 0) is 10.0 Å². The molecule has 2 aliphatic carbocycles. The largest absolute Gasteiger partial charge is 0.455 e. The summed E-state index contributed by atoms with van der Waals surface area (Å²) in [5.74, 6) is -0.247. The molecule has 1 aliphatic heterocycles. The minimum Gasteiger partial charge on any atom is -0.455 e. The summed E-state index contributed by atoms with van der Waals surface area (Å²) in [5, 5.41) is 13.7. The Labute approximate surface area is 367 Å². The minimum absolute atomic E-state index is 0.0319. The number of nitro groups is 1. The predicted molar refractivity (Wildman–Crippen MR) is 240 cm³/mol. The normalized spacial score (nSPS) is 16.7. The number of nitrogens with zero attached hydrogens (tertiary/aromatic N) is 6. The van der Waals surface area contributed by atoms with Crippen LogP contribution in [0.2, 0.25) is 5.02 Å². The van der Waals surface area contributed by atoms with Crippen LogP contribution in [0, 0.1) is 15.5 Å². The molecular weight excluding hydrogens is 842 g/mol. The SMILES string of the molecule is O=C(NS(=O)(=O)c1cc([N+](=O)[O-])c2[nH]c(-c3ccncc3)nc2c1)c1ccc(N2CCN(CC3=C(c4ccc(Cl)cc4)CC4(CCC4)CC3)CC2)cc1Oc1cnc2[nH]ccc2c1. The van der Waals surface area contributed by atoms with Gasteiger partial charge >= 0.3 is 0 Å². The molecule has 0 bridgehead atoms. The van der Waals surface area contributed by atoms with E-state index in [0.29, 0.717) is 22.4 Å². The number of H-pyrrole nitrogens is 2. The molecule has 7 aromatic rings. The monoisotopic (exact) mass is 883 g/mol. The standard InChI is InChI=1S/C46H42ClN9O6S/c47-33-4-2-29(3-5-33)38-26-46(12-1-13-46)14-8-32(38)28-54-18-20-55(21-19-54)34-6-7-37(41(23-34)62-35-22-31-11-17-49-43(31)50-27-35)45(57)53-63(60,61)36-24-39-42(40(25-36)56(58)59)52-44(51-39)30-9-15-48-16-10-30/h2-7,9-11,15-17,22-25,27H,1,8,12-14,18-21,26,28H2,(H,49,50)(H,51,52)(H,53,57). The molecule has 15 nitrogen and oxygen atoms in total. The number of allylic oxidation sites excluding steroid dienone is 1. The van der Waals surface area contributed by atoms with E-state index in [2.05, 4.69) is 51.6 Å². The van der Waals surface area contributed by atoms with Crippen molar-refractivity contribution in [2.45, 2.75) is 43.4 Å². The third-order valence-corrected chi connectivity index (χ3v) is 14.3. The number of benzene rings is 3. The molecule has 0 unspecified atom stereocenters. The average Bonchev–Trinajstić information content (AvgIpc) is 3.94. The van der Waals surface area contributed by atoms with Gasteiger partial charge in [-0.25, -0.2) is 23.1 Å². The fourth-order valence-corrected chi connectivity index (χ4v) is 10.3. The highest BCUT2D eigenvalue weighted by molar-refractivity contribution is 7.90. The maximum Gasteiger partial charge on any atom is 0.296 e. The number of nitrogens with one attached hydrogen (secondary N) is 3. The molecule has 10 rings (SSSR count). The van der Waals surface area contributed by atoms with Gasteiger partial charge in [-0.3, -0.25) is 24.8 Å². The predicted octanol–water partition coefficient (Wildman–Crippen LogP) is 8.90. The van der Waals surface area contributed by atoms with Crippen LogP contribution in [0.15, 0.2) is 114 Å². The van der Waals surface area contributed by atoms with Gasteiger partial charge in [0.1, 0.15) is 28.5 Å². The number of rotatable bonds is 11. The lowest BCUT2D eigenvalue weighted by Gasteiger charge is -2.47. The number of carbonyl (C=O) groups excluding carboxylic acids is 1. The van der Waals surface area contributed by atoms with Gasteiger partial charge in [0.15, 0.2) is 0 Å². The first kappa shape index (κ1) is 40.5. The van der Waals surface area contributed by atoms with Crippen molar-refractivity contribution in [3.8, 4) is 22.9 Å². The number of imidazole rings is 1. The Balaban J connectivity index is 0.905. The van der Waals surface area contributed by atoms with Gasteiger partial charge in [0, 0.05) is 85.1 Å². The van der Waals surface area contributed by atoms with Crippen LogP contribution in [0.1, 0.15) is 54.4 Å². The summed E-state index contributed by atoms with van der Waals surface area (Å²) in [6.07, 6.45) is 13.7. The zero-order valence-electron chi connectivity index (χ0n) is 34.0. The highest BCUT2D eigenvalue weighted by atomic mass is 35.5. The van der Waals surface area contributed by atoms with Crippen molar-refractivity contribution in [1.82, 2.24) is 34.5 Å². The van der Waals surface area contributed by atoms with Crippen LogP contribution in [0.25, 0.3) is 39.0 Å². The lowest BCUT2D eigenvalue weighted by Crippen LogP contribution is -2.47. The van der Waals surface area contributed by atoms with E-state index in [1.807, 2.05) is 18.2 Å². The number of hydrogen-bond donors (Lipinski definition) is 3. The molecule has 17 heteroatoms. The van der Waals surface area contributed by atoms with Gasteiger partial charge in [0.05, 0.1) is 27.1 Å². The van der Waals surface area contributed by atoms with Crippen molar-refractivity contribution in [2.24, 2.45) is 5.41 Å².